The van der Waals surface area contributed by atoms with E-state index >= 15 is 0 Å². The summed E-state index contributed by atoms with van der Waals surface area (Å²) in [5.74, 6) is 1.12. The molecule has 0 atom stereocenters. The predicted octanol–water partition coefficient (Wildman–Crippen LogP) is 5.32. The van der Waals surface area contributed by atoms with E-state index in [0.717, 1.165) is 22.3 Å². The third kappa shape index (κ3) is 5.01. The van der Waals surface area contributed by atoms with Crippen molar-refractivity contribution < 1.29 is 19.0 Å². The van der Waals surface area contributed by atoms with Crippen LogP contribution >= 0.6 is 0 Å². The zero-order valence-corrected chi connectivity index (χ0v) is 17.5. The lowest BCUT2D eigenvalue weighted by atomic mass is 10.1. The van der Waals surface area contributed by atoms with Gasteiger partial charge >= 0.3 is 5.97 Å². The third-order valence-electron chi connectivity index (χ3n) is 4.74. The van der Waals surface area contributed by atoms with E-state index in [1.54, 1.807) is 6.08 Å². The van der Waals surface area contributed by atoms with Crippen LogP contribution in [0.5, 0.6) is 11.5 Å². The first kappa shape index (κ1) is 20.4. The lowest BCUT2D eigenvalue weighted by molar-refractivity contribution is -0.129. The SMILES string of the molecule is CCOc1cc(OCc2ccccc2)ccc1/C=C1\N=C(c2ccc(C)cc2)OC1=O. The van der Waals surface area contributed by atoms with Crippen molar-refractivity contribution in [1.29, 1.82) is 0 Å². The molecule has 0 spiro atoms. The molecular formula is C26H23NO4. The van der Waals surface area contributed by atoms with Gasteiger partial charge in [-0.2, -0.15) is 0 Å². The van der Waals surface area contributed by atoms with Crippen LogP contribution in [-0.2, 0) is 16.1 Å². The Morgan fingerprint density at radius 1 is 0.968 bits per heavy atom. The molecule has 0 fully saturated rings. The molecule has 1 heterocycles. The Labute approximate surface area is 181 Å². The number of esters is 1. The number of aryl methyl sites for hydroxylation is 1. The number of ether oxygens (including phenoxy) is 3. The number of hydrogen-bond acceptors (Lipinski definition) is 5. The maximum absolute atomic E-state index is 12.4. The Morgan fingerprint density at radius 3 is 2.48 bits per heavy atom. The Kier molecular flexibility index (Phi) is 6.13. The van der Waals surface area contributed by atoms with Gasteiger partial charge in [0.1, 0.15) is 18.1 Å². The van der Waals surface area contributed by atoms with Crippen LogP contribution in [0.2, 0.25) is 0 Å². The van der Waals surface area contributed by atoms with Crippen molar-refractivity contribution in [2.45, 2.75) is 20.5 Å². The number of rotatable bonds is 7. The smallest absolute Gasteiger partial charge is 0.363 e. The second kappa shape index (κ2) is 9.30. The average molecular weight is 413 g/mol. The lowest BCUT2D eigenvalue weighted by Crippen LogP contribution is -2.05. The number of nitrogens with zero attached hydrogens (tertiary/aromatic N) is 1. The van der Waals surface area contributed by atoms with Crippen molar-refractivity contribution in [2.24, 2.45) is 4.99 Å². The van der Waals surface area contributed by atoms with E-state index in [9.17, 15) is 4.79 Å². The summed E-state index contributed by atoms with van der Waals surface area (Å²) in [7, 11) is 0. The van der Waals surface area contributed by atoms with E-state index < -0.39 is 5.97 Å². The van der Waals surface area contributed by atoms with Crippen molar-refractivity contribution in [3.63, 3.8) is 0 Å². The molecule has 0 saturated heterocycles. The third-order valence-corrected chi connectivity index (χ3v) is 4.74. The van der Waals surface area contributed by atoms with Crippen molar-refractivity contribution in [1.82, 2.24) is 0 Å². The molecule has 31 heavy (non-hydrogen) atoms. The molecule has 156 valence electrons. The maximum atomic E-state index is 12.4. The second-order valence-corrected chi connectivity index (χ2v) is 7.11. The summed E-state index contributed by atoms with van der Waals surface area (Å²) >= 11 is 0. The Bertz CT molecular complexity index is 1130. The summed E-state index contributed by atoms with van der Waals surface area (Å²) in [6.45, 7) is 4.86. The van der Waals surface area contributed by atoms with Crippen molar-refractivity contribution in [2.75, 3.05) is 6.61 Å². The first-order chi connectivity index (χ1) is 15.1. The van der Waals surface area contributed by atoms with E-state index in [1.807, 2.05) is 86.6 Å². The Morgan fingerprint density at radius 2 is 1.74 bits per heavy atom. The molecule has 0 radical (unpaired) electrons. The van der Waals surface area contributed by atoms with Gasteiger partial charge in [-0.05, 0) is 49.8 Å². The number of benzene rings is 3. The number of aliphatic imine (C=N–C) groups is 1. The van der Waals surface area contributed by atoms with Crippen molar-refractivity contribution in [3.8, 4) is 11.5 Å². The second-order valence-electron chi connectivity index (χ2n) is 7.11. The minimum atomic E-state index is -0.484. The molecule has 3 aromatic rings. The van der Waals surface area contributed by atoms with E-state index in [0.29, 0.717) is 30.6 Å². The van der Waals surface area contributed by atoms with Crippen LogP contribution in [0, 0.1) is 6.92 Å². The molecule has 3 aromatic carbocycles. The predicted molar refractivity (Wildman–Crippen MR) is 120 cm³/mol. The van der Waals surface area contributed by atoms with Crippen LogP contribution in [0.4, 0.5) is 0 Å². The number of carbonyl (C=O) groups is 1. The standard InChI is InChI=1S/C26H23NO4/c1-3-29-24-16-22(30-17-19-7-5-4-6-8-19)14-13-21(24)15-23-26(28)31-25(27-23)20-11-9-18(2)10-12-20/h4-16H,3,17H2,1-2H3/b23-15-. The fraction of sp³-hybridized carbons (Fsp3) is 0.154. The van der Waals surface area contributed by atoms with Gasteiger partial charge in [-0.15, -0.1) is 0 Å². The van der Waals surface area contributed by atoms with Gasteiger partial charge in [0, 0.05) is 17.2 Å². The van der Waals surface area contributed by atoms with E-state index in [4.69, 9.17) is 14.2 Å². The van der Waals surface area contributed by atoms with Crippen LogP contribution in [0.3, 0.4) is 0 Å². The highest BCUT2D eigenvalue weighted by Gasteiger charge is 2.24. The molecule has 0 aromatic heterocycles. The molecule has 0 unspecified atom stereocenters. The highest BCUT2D eigenvalue weighted by atomic mass is 16.6. The molecule has 5 nitrogen and oxygen atoms in total. The van der Waals surface area contributed by atoms with E-state index in [1.165, 1.54) is 0 Å². The van der Waals surface area contributed by atoms with Gasteiger partial charge < -0.3 is 14.2 Å². The molecule has 1 aliphatic rings. The minimum Gasteiger partial charge on any atom is -0.493 e. The largest absolute Gasteiger partial charge is 0.493 e. The first-order valence-electron chi connectivity index (χ1n) is 10.2. The van der Waals surface area contributed by atoms with Crippen LogP contribution in [0.15, 0.2) is 83.5 Å². The topological polar surface area (TPSA) is 57.1 Å². The molecule has 4 rings (SSSR count). The summed E-state index contributed by atoms with van der Waals surface area (Å²) in [6, 6.07) is 23.1. The molecule has 0 bridgehead atoms. The monoisotopic (exact) mass is 413 g/mol. The molecule has 1 aliphatic heterocycles. The minimum absolute atomic E-state index is 0.231. The Hall–Kier alpha value is -3.86. The maximum Gasteiger partial charge on any atom is 0.363 e. The molecule has 5 heteroatoms. The number of carbonyl (C=O) groups excluding carboxylic acids is 1. The molecule has 0 amide bonds. The fourth-order valence-electron chi connectivity index (χ4n) is 3.12. The first-order valence-corrected chi connectivity index (χ1v) is 10.2. The fourth-order valence-corrected chi connectivity index (χ4v) is 3.12. The van der Waals surface area contributed by atoms with Crippen LogP contribution < -0.4 is 9.47 Å². The normalized spacial score (nSPS) is 14.3. The van der Waals surface area contributed by atoms with Gasteiger partial charge in [-0.3, -0.25) is 0 Å². The summed E-state index contributed by atoms with van der Waals surface area (Å²) in [5, 5.41) is 0. The molecule has 0 aliphatic carbocycles. The van der Waals surface area contributed by atoms with Crippen molar-refractivity contribution in [3.05, 3.63) is 101 Å². The summed E-state index contributed by atoms with van der Waals surface area (Å²) in [4.78, 5) is 16.7. The zero-order valence-electron chi connectivity index (χ0n) is 17.5. The van der Waals surface area contributed by atoms with Crippen LogP contribution in [0.25, 0.3) is 6.08 Å². The van der Waals surface area contributed by atoms with Gasteiger partial charge in [-0.1, -0.05) is 48.0 Å². The van der Waals surface area contributed by atoms with Gasteiger partial charge in [-0.25, -0.2) is 9.79 Å². The van der Waals surface area contributed by atoms with E-state index in [2.05, 4.69) is 4.99 Å². The highest BCUT2D eigenvalue weighted by molar-refractivity contribution is 6.13. The lowest BCUT2D eigenvalue weighted by Gasteiger charge is -2.11. The van der Waals surface area contributed by atoms with Gasteiger partial charge in [0.15, 0.2) is 5.70 Å². The van der Waals surface area contributed by atoms with E-state index in [-0.39, 0.29) is 5.70 Å². The summed E-state index contributed by atoms with van der Waals surface area (Å²) in [6.07, 6.45) is 1.68. The molecule has 0 saturated carbocycles. The zero-order chi connectivity index (χ0) is 21.6. The molecular weight excluding hydrogens is 390 g/mol. The quantitative estimate of drug-likeness (QED) is 0.389. The Balaban J connectivity index is 1.57. The number of hydrogen-bond donors (Lipinski definition) is 0. The van der Waals surface area contributed by atoms with Gasteiger partial charge in [0.25, 0.3) is 0 Å². The molecule has 0 N–H and O–H groups in total. The van der Waals surface area contributed by atoms with Gasteiger partial charge in [0.05, 0.1) is 6.61 Å². The summed E-state index contributed by atoms with van der Waals surface area (Å²) in [5.41, 5.74) is 3.93. The average Bonchev–Trinajstić information content (AvgIpc) is 3.15. The van der Waals surface area contributed by atoms with Crippen molar-refractivity contribution >= 4 is 17.9 Å². The van der Waals surface area contributed by atoms with Crippen LogP contribution in [-0.4, -0.2) is 18.5 Å². The number of cyclic esters (lactones) is 1. The van der Waals surface area contributed by atoms with Crippen LogP contribution in [0.1, 0.15) is 29.2 Å². The van der Waals surface area contributed by atoms with Gasteiger partial charge in [0.2, 0.25) is 5.90 Å². The summed E-state index contributed by atoms with van der Waals surface area (Å²) < 4.78 is 17.0. The highest BCUT2D eigenvalue weighted by Crippen LogP contribution is 2.29.